The summed E-state index contributed by atoms with van der Waals surface area (Å²) in [5.41, 5.74) is 0. The van der Waals surface area contributed by atoms with E-state index in [2.05, 4.69) is 27.9 Å². The Morgan fingerprint density at radius 2 is 0.727 bits per heavy atom. The molecule has 0 saturated carbocycles. The van der Waals surface area contributed by atoms with E-state index in [0.717, 1.165) is 0 Å². The lowest BCUT2D eigenvalue weighted by Crippen LogP contribution is -3.00. The van der Waals surface area contributed by atoms with Gasteiger partial charge in [0.05, 0.1) is 27.2 Å². The third-order valence-corrected chi connectivity index (χ3v) is 4.73. The fourth-order valence-corrected chi connectivity index (χ4v) is 3.11. The Balaban J connectivity index is 0. The van der Waals surface area contributed by atoms with Gasteiger partial charge in [0.25, 0.3) is 0 Å². The third-order valence-electron chi connectivity index (χ3n) is 4.73. The number of quaternary nitrogens is 1. The molecule has 136 valence electrons. The van der Waals surface area contributed by atoms with Gasteiger partial charge in [0.15, 0.2) is 0 Å². The SMILES string of the molecule is CCCCCCCCC[N+](C)(C)CCCCCCCCC.[Cl-]. The van der Waals surface area contributed by atoms with Crippen molar-refractivity contribution < 1.29 is 16.9 Å². The highest BCUT2D eigenvalue weighted by atomic mass is 35.5. The van der Waals surface area contributed by atoms with Crippen molar-refractivity contribution >= 4 is 0 Å². The first-order valence-electron chi connectivity index (χ1n) is 9.94. The number of unbranched alkanes of at least 4 members (excludes halogenated alkanes) is 12. The molecule has 0 aromatic carbocycles. The van der Waals surface area contributed by atoms with Crippen LogP contribution in [0.1, 0.15) is 104 Å². The van der Waals surface area contributed by atoms with Gasteiger partial charge in [0.1, 0.15) is 0 Å². The Morgan fingerprint density at radius 3 is 1.05 bits per heavy atom. The lowest BCUT2D eigenvalue weighted by Gasteiger charge is -2.30. The van der Waals surface area contributed by atoms with E-state index in [1.54, 1.807) is 0 Å². The molecule has 2 heteroatoms. The van der Waals surface area contributed by atoms with Crippen molar-refractivity contribution in [1.82, 2.24) is 0 Å². The fourth-order valence-electron chi connectivity index (χ4n) is 3.11. The number of nitrogens with zero attached hydrogens (tertiary/aromatic N) is 1. The van der Waals surface area contributed by atoms with Crippen LogP contribution in [0.25, 0.3) is 0 Å². The van der Waals surface area contributed by atoms with Crippen LogP contribution in [-0.4, -0.2) is 31.7 Å². The standard InChI is InChI=1S/C20H44N.ClH/c1-5-7-9-11-13-15-17-19-21(3,4)20-18-16-14-12-10-8-6-2;/h5-20H2,1-4H3;1H/q+1;/p-1. The number of rotatable bonds is 16. The molecule has 0 saturated heterocycles. The van der Waals surface area contributed by atoms with Crippen LogP contribution in [0.2, 0.25) is 0 Å². The molecule has 0 atom stereocenters. The summed E-state index contributed by atoms with van der Waals surface area (Å²) in [5, 5.41) is 0. The molecule has 0 aliphatic heterocycles. The summed E-state index contributed by atoms with van der Waals surface area (Å²) in [5.74, 6) is 0. The number of hydrogen-bond acceptors (Lipinski definition) is 0. The molecular weight excluding hydrogens is 290 g/mol. The monoisotopic (exact) mass is 333 g/mol. The van der Waals surface area contributed by atoms with Gasteiger partial charge in [-0.25, -0.2) is 0 Å². The second-order valence-corrected chi connectivity index (χ2v) is 7.63. The van der Waals surface area contributed by atoms with E-state index in [4.69, 9.17) is 0 Å². The topological polar surface area (TPSA) is 0 Å². The highest BCUT2D eigenvalue weighted by molar-refractivity contribution is 4.47. The predicted molar refractivity (Wildman–Crippen MR) is 97.8 cm³/mol. The lowest BCUT2D eigenvalue weighted by atomic mass is 10.1. The van der Waals surface area contributed by atoms with E-state index < -0.39 is 0 Å². The van der Waals surface area contributed by atoms with E-state index in [0.29, 0.717) is 0 Å². The molecule has 0 fully saturated rings. The molecule has 0 rings (SSSR count). The Morgan fingerprint density at radius 1 is 0.455 bits per heavy atom. The summed E-state index contributed by atoms with van der Waals surface area (Å²) in [6, 6.07) is 0. The Labute approximate surface area is 148 Å². The van der Waals surface area contributed by atoms with Crippen molar-refractivity contribution in [2.24, 2.45) is 0 Å². The molecule has 22 heavy (non-hydrogen) atoms. The molecule has 0 spiro atoms. The highest BCUT2D eigenvalue weighted by Crippen LogP contribution is 2.12. The lowest BCUT2D eigenvalue weighted by molar-refractivity contribution is -0.890. The molecule has 0 amide bonds. The number of halogens is 1. The zero-order valence-electron chi connectivity index (χ0n) is 16.1. The largest absolute Gasteiger partial charge is 1.00 e. The summed E-state index contributed by atoms with van der Waals surface area (Å²) >= 11 is 0. The number of hydrogen-bond donors (Lipinski definition) is 0. The minimum Gasteiger partial charge on any atom is -1.00 e. The smallest absolute Gasteiger partial charge is 0.0782 e. The van der Waals surface area contributed by atoms with Crippen LogP contribution in [0.3, 0.4) is 0 Å². The van der Waals surface area contributed by atoms with Gasteiger partial charge in [-0.05, 0) is 25.7 Å². The maximum absolute atomic E-state index is 2.42. The van der Waals surface area contributed by atoms with Gasteiger partial charge in [0.2, 0.25) is 0 Å². The van der Waals surface area contributed by atoms with Crippen molar-refractivity contribution in [3.63, 3.8) is 0 Å². The molecule has 0 N–H and O–H groups in total. The summed E-state index contributed by atoms with van der Waals surface area (Å²) in [6.45, 7) is 7.35. The van der Waals surface area contributed by atoms with Gasteiger partial charge in [-0.3, -0.25) is 0 Å². The maximum Gasteiger partial charge on any atom is 0.0782 e. The van der Waals surface area contributed by atoms with E-state index in [1.165, 1.54) is 107 Å². The van der Waals surface area contributed by atoms with Crippen molar-refractivity contribution in [2.75, 3.05) is 27.2 Å². The van der Waals surface area contributed by atoms with E-state index in [-0.39, 0.29) is 12.4 Å². The van der Waals surface area contributed by atoms with Crippen LogP contribution >= 0.6 is 0 Å². The first kappa shape index (κ1) is 24.5. The van der Waals surface area contributed by atoms with Gasteiger partial charge in [-0.15, -0.1) is 0 Å². The second kappa shape index (κ2) is 17.6. The molecule has 0 aliphatic rings. The predicted octanol–water partition coefficient (Wildman–Crippen LogP) is 3.57. The van der Waals surface area contributed by atoms with Gasteiger partial charge < -0.3 is 16.9 Å². The molecule has 1 nitrogen and oxygen atoms in total. The average molecular weight is 334 g/mol. The Bertz CT molecular complexity index is 184. The van der Waals surface area contributed by atoms with Crippen molar-refractivity contribution in [2.45, 2.75) is 104 Å². The summed E-state index contributed by atoms with van der Waals surface area (Å²) in [4.78, 5) is 0. The van der Waals surface area contributed by atoms with E-state index in [9.17, 15) is 0 Å². The third kappa shape index (κ3) is 18.3. The van der Waals surface area contributed by atoms with Crippen LogP contribution in [-0.2, 0) is 0 Å². The Hall–Kier alpha value is 0.250. The maximum atomic E-state index is 2.42. The van der Waals surface area contributed by atoms with E-state index in [1.807, 2.05) is 0 Å². The second-order valence-electron chi connectivity index (χ2n) is 7.63. The molecule has 0 heterocycles. The minimum absolute atomic E-state index is 0. The molecule has 0 aromatic heterocycles. The van der Waals surface area contributed by atoms with Crippen molar-refractivity contribution in [3.8, 4) is 0 Å². The molecule has 0 radical (unpaired) electrons. The normalized spacial score (nSPS) is 11.5. The molecule has 0 aliphatic carbocycles. The van der Waals surface area contributed by atoms with Crippen LogP contribution in [0.5, 0.6) is 0 Å². The Kier molecular flexibility index (Phi) is 19.6. The van der Waals surface area contributed by atoms with Crippen LogP contribution in [0, 0.1) is 0 Å². The van der Waals surface area contributed by atoms with Crippen LogP contribution in [0.15, 0.2) is 0 Å². The first-order chi connectivity index (χ1) is 10.1. The fraction of sp³-hybridized carbons (Fsp3) is 1.00. The average Bonchev–Trinajstić information content (AvgIpc) is 2.45. The minimum atomic E-state index is 0. The van der Waals surface area contributed by atoms with Crippen LogP contribution < -0.4 is 12.4 Å². The van der Waals surface area contributed by atoms with Gasteiger partial charge in [0, 0.05) is 0 Å². The summed E-state index contributed by atoms with van der Waals surface area (Å²) in [6.07, 6.45) is 20.1. The zero-order valence-corrected chi connectivity index (χ0v) is 16.9. The summed E-state index contributed by atoms with van der Waals surface area (Å²) < 4.78 is 1.24. The van der Waals surface area contributed by atoms with Gasteiger partial charge >= 0.3 is 0 Å². The van der Waals surface area contributed by atoms with Crippen molar-refractivity contribution in [1.29, 1.82) is 0 Å². The first-order valence-corrected chi connectivity index (χ1v) is 9.94. The quantitative estimate of drug-likeness (QED) is 0.299. The van der Waals surface area contributed by atoms with Gasteiger partial charge in [-0.2, -0.15) is 0 Å². The summed E-state index contributed by atoms with van der Waals surface area (Å²) in [7, 11) is 4.85. The molecular formula is C20H44ClN. The molecule has 0 aromatic rings. The molecule has 0 bridgehead atoms. The highest BCUT2D eigenvalue weighted by Gasteiger charge is 2.13. The van der Waals surface area contributed by atoms with Gasteiger partial charge in [-0.1, -0.05) is 78.1 Å². The zero-order chi connectivity index (χ0) is 15.8. The molecule has 0 unspecified atom stereocenters. The van der Waals surface area contributed by atoms with Crippen LogP contribution in [0.4, 0.5) is 0 Å². The van der Waals surface area contributed by atoms with E-state index >= 15 is 0 Å². The van der Waals surface area contributed by atoms with Crippen molar-refractivity contribution in [3.05, 3.63) is 0 Å².